The number of ether oxygens (including phenoxy) is 1. The second kappa shape index (κ2) is 6.53. The largest absolute Gasteiger partial charge is 0.481 e. The van der Waals surface area contributed by atoms with Crippen LogP contribution in [0.15, 0.2) is 30.6 Å². The zero-order chi connectivity index (χ0) is 16.2. The number of amides is 1. The Kier molecular flexibility index (Phi) is 4.29. The Morgan fingerprint density at radius 3 is 2.74 bits per heavy atom. The molecule has 1 amide bonds. The highest BCUT2D eigenvalue weighted by Gasteiger charge is 2.26. The molecule has 0 radical (unpaired) electrons. The van der Waals surface area contributed by atoms with Crippen LogP contribution in [0.1, 0.15) is 16.8 Å². The van der Waals surface area contributed by atoms with Gasteiger partial charge in [-0.25, -0.2) is 4.68 Å². The van der Waals surface area contributed by atoms with E-state index in [0.29, 0.717) is 18.7 Å². The predicted octanol–water partition coefficient (Wildman–Crippen LogP) is -0.0220. The fourth-order valence-corrected chi connectivity index (χ4v) is 2.44. The van der Waals surface area contributed by atoms with Crippen molar-refractivity contribution < 1.29 is 19.4 Å². The number of aromatic nitrogens is 4. The first kappa shape index (κ1) is 15.1. The van der Waals surface area contributed by atoms with Gasteiger partial charge < -0.3 is 14.7 Å². The lowest BCUT2D eigenvalue weighted by Crippen LogP contribution is -2.46. The van der Waals surface area contributed by atoms with Crippen LogP contribution in [-0.4, -0.2) is 67.9 Å². The lowest BCUT2D eigenvalue weighted by Gasteiger charge is -2.32. The number of hydrogen-bond donors (Lipinski definition) is 1. The van der Waals surface area contributed by atoms with Gasteiger partial charge in [-0.3, -0.25) is 9.59 Å². The van der Waals surface area contributed by atoms with E-state index in [-0.39, 0.29) is 18.9 Å². The van der Waals surface area contributed by atoms with Crippen LogP contribution in [0.4, 0.5) is 0 Å². The summed E-state index contributed by atoms with van der Waals surface area (Å²) >= 11 is 0. The van der Waals surface area contributed by atoms with Crippen molar-refractivity contribution in [3.8, 4) is 5.69 Å². The number of hydrogen-bond acceptors (Lipinski definition) is 6. The molecule has 1 atom stereocenters. The maximum Gasteiger partial charge on any atom is 0.306 e. The number of tetrazole rings is 1. The lowest BCUT2D eigenvalue weighted by molar-refractivity contribution is -0.141. The number of carbonyl (C=O) groups excluding carboxylic acids is 1. The van der Waals surface area contributed by atoms with Gasteiger partial charge in [0.2, 0.25) is 0 Å². The quantitative estimate of drug-likeness (QED) is 0.843. The molecule has 9 heteroatoms. The third-order valence-corrected chi connectivity index (χ3v) is 3.56. The molecule has 23 heavy (non-hydrogen) atoms. The monoisotopic (exact) mass is 317 g/mol. The van der Waals surface area contributed by atoms with Gasteiger partial charge in [-0.15, -0.1) is 5.10 Å². The standard InChI is InChI=1S/C14H15N5O4/c20-13(21)7-12-8-18(5-6-23-12)14(22)10-1-3-11(4-2-10)19-9-15-16-17-19/h1-4,9,12H,5-8H2,(H,20,21). The highest BCUT2D eigenvalue weighted by molar-refractivity contribution is 5.94. The van der Waals surface area contributed by atoms with Crippen LogP contribution in [-0.2, 0) is 9.53 Å². The van der Waals surface area contributed by atoms with Gasteiger partial charge in [-0.1, -0.05) is 0 Å². The summed E-state index contributed by atoms with van der Waals surface area (Å²) in [5.74, 6) is -1.08. The van der Waals surface area contributed by atoms with Crippen molar-refractivity contribution in [3.63, 3.8) is 0 Å². The van der Waals surface area contributed by atoms with Crippen LogP contribution in [0.3, 0.4) is 0 Å². The van der Waals surface area contributed by atoms with Crippen LogP contribution in [0.2, 0.25) is 0 Å². The summed E-state index contributed by atoms with van der Waals surface area (Å²) in [6.45, 7) is 1.07. The summed E-state index contributed by atoms with van der Waals surface area (Å²) in [5.41, 5.74) is 1.27. The summed E-state index contributed by atoms with van der Waals surface area (Å²) in [7, 11) is 0. The van der Waals surface area contributed by atoms with E-state index in [1.807, 2.05) is 0 Å². The summed E-state index contributed by atoms with van der Waals surface area (Å²) in [5, 5.41) is 19.7. The molecular formula is C14H15N5O4. The molecule has 9 nitrogen and oxygen atoms in total. The second-order valence-electron chi connectivity index (χ2n) is 5.14. The maximum absolute atomic E-state index is 12.5. The molecule has 1 aliphatic heterocycles. The van der Waals surface area contributed by atoms with E-state index in [2.05, 4.69) is 15.5 Å². The number of carbonyl (C=O) groups is 2. The average molecular weight is 317 g/mol. The fourth-order valence-electron chi connectivity index (χ4n) is 2.44. The molecule has 1 aliphatic rings. The first-order chi connectivity index (χ1) is 11.1. The fraction of sp³-hybridized carbons (Fsp3) is 0.357. The van der Waals surface area contributed by atoms with Crippen molar-refractivity contribution in [2.45, 2.75) is 12.5 Å². The van der Waals surface area contributed by atoms with Crippen molar-refractivity contribution in [2.75, 3.05) is 19.7 Å². The number of benzene rings is 1. The molecular weight excluding hydrogens is 302 g/mol. The molecule has 0 bridgehead atoms. The molecule has 2 aromatic rings. The Hall–Kier alpha value is -2.81. The molecule has 0 spiro atoms. The van der Waals surface area contributed by atoms with Crippen molar-refractivity contribution in [1.29, 1.82) is 0 Å². The summed E-state index contributed by atoms with van der Waals surface area (Å²) in [6.07, 6.45) is 0.892. The minimum absolute atomic E-state index is 0.109. The van der Waals surface area contributed by atoms with Crippen molar-refractivity contribution in [1.82, 2.24) is 25.1 Å². The van der Waals surface area contributed by atoms with Crippen LogP contribution in [0, 0.1) is 0 Å². The minimum atomic E-state index is -0.935. The van der Waals surface area contributed by atoms with E-state index >= 15 is 0 Å². The Morgan fingerprint density at radius 2 is 2.09 bits per heavy atom. The van der Waals surface area contributed by atoms with E-state index in [1.54, 1.807) is 29.2 Å². The number of aliphatic carboxylic acids is 1. The number of morpholine rings is 1. The molecule has 1 fully saturated rings. The SMILES string of the molecule is O=C(O)CC1CN(C(=O)c2ccc(-n3cnnn3)cc2)CCO1. The molecule has 1 N–H and O–H groups in total. The molecule has 0 saturated carbocycles. The molecule has 2 heterocycles. The van der Waals surface area contributed by atoms with Crippen LogP contribution >= 0.6 is 0 Å². The number of carboxylic acid groups (broad SMARTS) is 1. The Balaban J connectivity index is 1.69. The van der Waals surface area contributed by atoms with E-state index in [4.69, 9.17) is 9.84 Å². The molecule has 120 valence electrons. The third-order valence-electron chi connectivity index (χ3n) is 3.56. The number of rotatable bonds is 4. The van der Waals surface area contributed by atoms with Crippen molar-refractivity contribution in [3.05, 3.63) is 36.2 Å². The Bertz CT molecular complexity index is 686. The van der Waals surface area contributed by atoms with Crippen molar-refractivity contribution in [2.24, 2.45) is 0 Å². The first-order valence-corrected chi connectivity index (χ1v) is 7.09. The topological polar surface area (TPSA) is 110 Å². The molecule has 1 unspecified atom stereocenters. The Morgan fingerprint density at radius 1 is 1.30 bits per heavy atom. The third kappa shape index (κ3) is 3.51. The molecule has 3 rings (SSSR count). The average Bonchev–Trinajstić information content (AvgIpc) is 3.08. The van der Waals surface area contributed by atoms with Gasteiger partial charge in [0.05, 0.1) is 24.8 Å². The van der Waals surface area contributed by atoms with Gasteiger partial charge in [-0.05, 0) is 34.7 Å². The van der Waals surface area contributed by atoms with Crippen molar-refractivity contribution >= 4 is 11.9 Å². The normalized spacial score (nSPS) is 17.9. The number of nitrogens with zero attached hydrogens (tertiary/aromatic N) is 5. The van der Waals surface area contributed by atoms with Gasteiger partial charge in [0.25, 0.3) is 5.91 Å². The van der Waals surface area contributed by atoms with E-state index < -0.39 is 12.1 Å². The highest BCUT2D eigenvalue weighted by atomic mass is 16.5. The van der Waals surface area contributed by atoms with Gasteiger partial charge in [-0.2, -0.15) is 0 Å². The summed E-state index contributed by atoms with van der Waals surface area (Å²) in [4.78, 5) is 24.9. The molecule has 1 aromatic heterocycles. The first-order valence-electron chi connectivity index (χ1n) is 7.09. The maximum atomic E-state index is 12.5. The van der Waals surface area contributed by atoms with Gasteiger partial charge in [0.1, 0.15) is 6.33 Å². The Labute approximate surface area is 131 Å². The second-order valence-corrected chi connectivity index (χ2v) is 5.14. The zero-order valence-electron chi connectivity index (χ0n) is 12.2. The van der Waals surface area contributed by atoms with E-state index in [0.717, 1.165) is 5.69 Å². The summed E-state index contributed by atoms with van der Waals surface area (Å²) < 4.78 is 6.86. The smallest absolute Gasteiger partial charge is 0.306 e. The highest BCUT2D eigenvalue weighted by Crippen LogP contribution is 2.14. The van der Waals surface area contributed by atoms with Gasteiger partial charge in [0.15, 0.2) is 0 Å². The van der Waals surface area contributed by atoms with Gasteiger partial charge in [0, 0.05) is 18.7 Å². The molecule has 0 aliphatic carbocycles. The summed E-state index contributed by atoms with van der Waals surface area (Å²) in [6, 6.07) is 6.89. The predicted molar refractivity (Wildman–Crippen MR) is 77.1 cm³/mol. The number of carboxylic acids is 1. The lowest BCUT2D eigenvalue weighted by atomic mass is 10.1. The van der Waals surface area contributed by atoms with E-state index in [1.165, 1.54) is 11.0 Å². The molecule has 1 saturated heterocycles. The van der Waals surface area contributed by atoms with Crippen LogP contribution in [0.5, 0.6) is 0 Å². The van der Waals surface area contributed by atoms with Crippen LogP contribution in [0.25, 0.3) is 5.69 Å². The minimum Gasteiger partial charge on any atom is -0.481 e. The van der Waals surface area contributed by atoms with Crippen LogP contribution < -0.4 is 0 Å². The van der Waals surface area contributed by atoms with Gasteiger partial charge >= 0.3 is 5.97 Å². The van der Waals surface area contributed by atoms with E-state index in [9.17, 15) is 9.59 Å². The molecule has 1 aromatic carbocycles. The zero-order valence-corrected chi connectivity index (χ0v) is 12.2.